The Morgan fingerprint density at radius 2 is 1.31 bits per heavy atom. The lowest BCUT2D eigenvalue weighted by molar-refractivity contribution is 0.0727. The number of benzene rings is 2. The molecule has 0 aliphatic carbocycles. The Bertz CT molecular complexity index is 875. The fourth-order valence-corrected chi connectivity index (χ4v) is 2.17. The maximum atomic E-state index is 12.3. The molecule has 0 aliphatic heterocycles. The lowest BCUT2D eigenvalue weighted by atomic mass is 9.99. The van der Waals surface area contributed by atoms with Crippen LogP contribution in [0.4, 0.5) is 0 Å². The van der Waals surface area contributed by atoms with E-state index in [0.717, 1.165) is 24.3 Å². The van der Waals surface area contributed by atoms with Crippen LogP contribution in [0.1, 0.15) is 34.6 Å². The fraction of sp³-hybridized carbons (Fsp3) is 0.176. The van der Waals surface area contributed by atoms with Crippen molar-refractivity contribution >= 4 is 24.4 Å². The van der Waals surface area contributed by atoms with Crippen molar-refractivity contribution in [1.82, 2.24) is 0 Å². The molecule has 0 atom stereocenters. The van der Waals surface area contributed by atoms with E-state index in [2.05, 4.69) is 12.6 Å². The molecule has 26 heavy (non-hydrogen) atoms. The number of Topliss-reactive ketones (excluding diaryl/α,β-unsaturated/α-hetero) is 1. The summed E-state index contributed by atoms with van der Waals surface area (Å²) >= 11 is 4.13. The van der Waals surface area contributed by atoms with Gasteiger partial charge in [-0.05, 0) is 38.1 Å². The van der Waals surface area contributed by atoms with Gasteiger partial charge in [-0.3, -0.25) is 4.79 Å². The molecule has 0 heterocycles. The standard InChI is InChI=1S/C17H16O8S/c1-17(2,26)15(23)7-3-11(20)14(22)12(6-7)25-16(24)8-4-9(18)13(21)10(19)5-8/h3-6,18-22,26H,1-2H3. The van der Waals surface area contributed by atoms with Crippen molar-refractivity contribution in [1.29, 1.82) is 0 Å². The highest BCUT2D eigenvalue weighted by atomic mass is 32.1. The predicted octanol–water partition coefficient (Wildman–Crippen LogP) is 2.32. The van der Waals surface area contributed by atoms with Gasteiger partial charge in [0, 0.05) is 5.56 Å². The average molecular weight is 380 g/mol. The minimum Gasteiger partial charge on any atom is -0.504 e. The highest BCUT2D eigenvalue weighted by Gasteiger charge is 2.27. The van der Waals surface area contributed by atoms with E-state index >= 15 is 0 Å². The third kappa shape index (κ3) is 3.77. The molecule has 2 aromatic rings. The predicted molar refractivity (Wildman–Crippen MR) is 93.6 cm³/mol. The molecule has 0 amide bonds. The summed E-state index contributed by atoms with van der Waals surface area (Å²) in [5, 5.41) is 47.8. The average Bonchev–Trinajstić information content (AvgIpc) is 2.54. The number of hydrogen-bond acceptors (Lipinski definition) is 9. The normalized spacial score (nSPS) is 11.2. The monoisotopic (exact) mass is 380 g/mol. The van der Waals surface area contributed by atoms with Crippen LogP contribution in [-0.2, 0) is 0 Å². The second-order valence-electron chi connectivity index (χ2n) is 5.98. The molecular formula is C17H16O8S. The highest BCUT2D eigenvalue weighted by Crippen LogP contribution is 2.39. The zero-order valence-electron chi connectivity index (χ0n) is 13.7. The van der Waals surface area contributed by atoms with Crippen molar-refractivity contribution in [3.05, 3.63) is 35.4 Å². The zero-order valence-corrected chi connectivity index (χ0v) is 14.6. The Morgan fingerprint density at radius 1 is 0.846 bits per heavy atom. The number of carbonyl (C=O) groups is 2. The molecule has 8 nitrogen and oxygen atoms in total. The molecule has 0 saturated heterocycles. The number of phenols is 5. The lowest BCUT2D eigenvalue weighted by Gasteiger charge is -2.17. The summed E-state index contributed by atoms with van der Waals surface area (Å²) < 4.78 is 3.85. The van der Waals surface area contributed by atoms with Crippen molar-refractivity contribution in [2.75, 3.05) is 0 Å². The largest absolute Gasteiger partial charge is 0.504 e. The number of aromatic hydroxyl groups is 5. The van der Waals surface area contributed by atoms with E-state index in [1.807, 2.05) is 0 Å². The highest BCUT2D eigenvalue weighted by molar-refractivity contribution is 7.82. The Balaban J connectivity index is 2.42. The number of rotatable bonds is 4. The van der Waals surface area contributed by atoms with E-state index < -0.39 is 51.0 Å². The van der Waals surface area contributed by atoms with Gasteiger partial charge in [0.1, 0.15) is 0 Å². The second-order valence-corrected chi connectivity index (χ2v) is 7.10. The van der Waals surface area contributed by atoms with Crippen LogP contribution in [0.5, 0.6) is 34.5 Å². The third-order valence-electron chi connectivity index (χ3n) is 3.38. The molecule has 0 spiro atoms. The van der Waals surface area contributed by atoms with E-state index in [0.29, 0.717) is 0 Å². The van der Waals surface area contributed by atoms with Gasteiger partial charge in [0.25, 0.3) is 0 Å². The van der Waals surface area contributed by atoms with Crippen molar-refractivity contribution in [2.45, 2.75) is 18.6 Å². The molecule has 0 bridgehead atoms. The van der Waals surface area contributed by atoms with Gasteiger partial charge in [-0.2, -0.15) is 12.6 Å². The summed E-state index contributed by atoms with van der Waals surface area (Å²) in [6.45, 7) is 3.05. The topological polar surface area (TPSA) is 145 Å². The van der Waals surface area contributed by atoms with Crippen molar-refractivity contribution in [3.63, 3.8) is 0 Å². The SMILES string of the molecule is CC(C)(S)C(=O)c1cc(O)c(O)c(OC(=O)c2cc(O)c(O)c(O)c2)c1. The maximum Gasteiger partial charge on any atom is 0.343 e. The summed E-state index contributed by atoms with van der Waals surface area (Å²) in [5.74, 6) is -5.93. The molecule has 9 heteroatoms. The fourth-order valence-electron chi connectivity index (χ4n) is 2.04. The first-order chi connectivity index (χ1) is 11.9. The molecular weight excluding hydrogens is 364 g/mol. The number of phenolic OH excluding ortho intramolecular Hbond substituents is 5. The van der Waals surface area contributed by atoms with Crippen LogP contribution >= 0.6 is 12.6 Å². The molecule has 0 aromatic heterocycles. The quantitative estimate of drug-likeness (QED) is 0.156. The summed E-state index contributed by atoms with van der Waals surface area (Å²) in [4.78, 5) is 24.4. The van der Waals surface area contributed by atoms with E-state index in [1.54, 1.807) is 0 Å². The molecule has 2 aromatic carbocycles. The van der Waals surface area contributed by atoms with Crippen LogP contribution < -0.4 is 4.74 Å². The number of esters is 1. The van der Waals surface area contributed by atoms with Gasteiger partial charge in [-0.1, -0.05) is 0 Å². The van der Waals surface area contributed by atoms with E-state index in [9.17, 15) is 35.1 Å². The van der Waals surface area contributed by atoms with Crippen LogP contribution in [0, 0.1) is 0 Å². The Hall–Kier alpha value is -3.07. The van der Waals surface area contributed by atoms with E-state index in [1.165, 1.54) is 13.8 Å². The number of carbonyl (C=O) groups excluding carboxylic acids is 2. The Morgan fingerprint density at radius 3 is 1.81 bits per heavy atom. The lowest BCUT2D eigenvalue weighted by Crippen LogP contribution is -2.24. The smallest absolute Gasteiger partial charge is 0.343 e. The van der Waals surface area contributed by atoms with Crippen molar-refractivity contribution in [3.8, 4) is 34.5 Å². The minimum atomic E-state index is -1.12. The van der Waals surface area contributed by atoms with Gasteiger partial charge < -0.3 is 30.3 Å². The van der Waals surface area contributed by atoms with Crippen LogP contribution in [-0.4, -0.2) is 42.0 Å². The maximum absolute atomic E-state index is 12.3. The third-order valence-corrected chi connectivity index (χ3v) is 3.58. The van der Waals surface area contributed by atoms with Crippen molar-refractivity contribution < 1.29 is 39.9 Å². The van der Waals surface area contributed by atoms with Gasteiger partial charge >= 0.3 is 5.97 Å². The zero-order chi connectivity index (χ0) is 19.8. The number of ether oxygens (including phenoxy) is 1. The first kappa shape index (κ1) is 19.3. The summed E-state index contributed by atoms with van der Waals surface area (Å²) in [6, 6.07) is 3.72. The molecule has 0 fully saturated rings. The van der Waals surface area contributed by atoms with Gasteiger partial charge in [0.05, 0.1) is 10.3 Å². The van der Waals surface area contributed by atoms with Gasteiger partial charge in [-0.15, -0.1) is 0 Å². The van der Waals surface area contributed by atoms with Crippen molar-refractivity contribution in [2.24, 2.45) is 0 Å². The van der Waals surface area contributed by atoms with Gasteiger partial charge in [0.15, 0.2) is 34.5 Å². The van der Waals surface area contributed by atoms with E-state index in [-0.39, 0.29) is 11.1 Å². The first-order valence-electron chi connectivity index (χ1n) is 7.22. The number of thiol groups is 1. The minimum absolute atomic E-state index is 0.0560. The molecule has 5 N–H and O–H groups in total. The molecule has 0 saturated carbocycles. The van der Waals surface area contributed by atoms with Crippen LogP contribution in [0.3, 0.4) is 0 Å². The second kappa shape index (κ2) is 6.68. The van der Waals surface area contributed by atoms with Crippen LogP contribution in [0.25, 0.3) is 0 Å². The summed E-state index contributed by atoms with van der Waals surface area (Å²) in [7, 11) is 0. The Kier molecular flexibility index (Phi) is 4.95. The molecule has 0 aliphatic rings. The van der Waals surface area contributed by atoms with E-state index in [4.69, 9.17) is 4.74 Å². The molecule has 0 radical (unpaired) electrons. The number of hydrogen-bond donors (Lipinski definition) is 6. The first-order valence-corrected chi connectivity index (χ1v) is 7.66. The number of ketones is 1. The summed E-state index contributed by atoms with van der Waals surface area (Å²) in [5.41, 5.74) is -0.401. The van der Waals surface area contributed by atoms with Gasteiger partial charge in [-0.25, -0.2) is 4.79 Å². The molecule has 2 rings (SSSR count). The van der Waals surface area contributed by atoms with Crippen LogP contribution in [0.2, 0.25) is 0 Å². The van der Waals surface area contributed by atoms with Gasteiger partial charge in [0.2, 0.25) is 5.75 Å². The molecule has 0 unspecified atom stereocenters. The van der Waals surface area contributed by atoms with Crippen LogP contribution in [0.15, 0.2) is 24.3 Å². The molecule has 138 valence electrons. The summed E-state index contributed by atoms with van der Waals surface area (Å²) in [6.07, 6.45) is 0. The Labute approximate surface area is 153 Å².